The van der Waals surface area contributed by atoms with Gasteiger partial charge < -0.3 is 10.3 Å². The summed E-state index contributed by atoms with van der Waals surface area (Å²) < 4.78 is 27.1. The third kappa shape index (κ3) is 3.89. The Bertz CT molecular complexity index is 620. The molecular weight excluding hydrogens is 296 g/mol. The molecule has 2 rings (SSSR count). The van der Waals surface area contributed by atoms with Crippen LogP contribution in [-0.2, 0) is 23.1 Å². The summed E-state index contributed by atoms with van der Waals surface area (Å²) >= 11 is 1.45. The molecular formula is C12H18N4O2S2. The number of hydrogen-bond donors (Lipinski definition) is 3. The van der Waals surface area contributed by atoms with E-state index in [4.69, 9.17) is 0 Å². The minimum atomic E-state index is -3.50. The van der Waals surface area contributed by atoms with Crippen LogP contribution in [0.3, 0.4) is 0 Å². The number of imidazole rings is 1. The van der Waals surface area contributed by atoms with Crippen molar-refractivity contribution in [2.45, 2.75) is 31.3 Å². The van der Waals surface area contributed by atoms with Crippen molar-refractivity contribution in [1.82, 2.24) is 20.0 Å². The van der Waals surface area contributed by atoms with E-state index in [9.17, 15) is 8.42 Å². The summed E-state index contributed by atoms with van der Waals surface area (Å²) in [6.45, 7) is 3.68. The Hall–Kier alpha value is -1.22. The molecule has 6 nitrogen and oxygen atoms in total. The van der Waals surface area contributed by atoms with Crippen LogP contribution in [0.5, 0.6) is 0 Å². The molecule has 0 aromatic carbocycles. The lowest BCUT2D eigenvalue weighted by molar-refractivity contribution is 0.577. The molecule has 0 aliphatic carbocycles. The second-order valence-corrected chi connectivity index (χ2v) is 6.98. The SMILES string of the molecule is CCCNCc1sccc1S(=O)(=O)NCc1ncc[nH]1. The highest BCUT2D eigenvalue weighted by Crippen LogP contribution is 2.21. The molecule has 0 atom stereocenters. The van der Waals surface area contributed by atoms with Crippen molar-refractivity contribution >= 4 is 21.4 Å². The molecule has 2 heterocycles. The molecule has 0 bridgehead atoms. The molecule has 0 unspecified atom stereocenters. The van der Waals surface area contributed by atoms with Crippen molar-refractivity contribution in [3.8, 4) is 0 Å². The molecule has 2 aromatic rings. The van der Waals surface area contributed by atoms with Crippen molar-refractivity contribution in [3.63, 3.8) is 0 Å². The summed E-state index contributed by atoms with van der Waals surface area (Å²) in [5.41, 5.74) is 0. The van der Waals surface area contributed by atoms with Gasteiger partial charge in [-0.25, -0.2) is 18.1 Å². The summed E-state index contributed by atoms with van der Waals surface area (Å²) in [5, 5.41) is 5.02. The van der Waals surface area contributed by atoms with Crippen LogP contribution in [0, 0.1) is 0 Å². The summed E-state index contributed by atoms with van der Waals surface area (Å²) in [5.74, 6) is 0.592. The number of H-pyrrole nitrogens is 1. The molecule has 0 amide bonds. The first-order chi connectivity index (χ1) is 9.63. The van der Waals surface area contributed by atoms with Crippen LogP contribution in [0.4, 0.5) is 0 Å². The fraction of sp³-hybridized carbons (Fsp3) is 0.417. The van der Waals surface area contributed by atoms with Gasteiger partial charge in [0, 0.05) is 23.8 Å². The molecule has 0 spiro atoms. The number of thiophene rings is 1. The highest BCUT2D eigenvalue weighted by molar-refractivity contribution is 7.89. The van der Waals surface area contributed by atoms with Gasteiger partial charge in [-0.05, 0) is 24.4 Å². The van der Waals surface area contributed by atoms with Crippen LogP contribution in [0.2, 0.25) is 0 Å². The largest absolute Gasteiger partial charge is 0.347 e. The molecule has 20 heavy (non-hydrogen) atoms. The fourth-order valence-corrected chi connectivity index (χ4v) is 4.11. The van der Waals surface area contributed by atoms with Gasteiger partial charge >= 0.3 is 0 Å². The topological polar surface area (TPSA) is 86.9 Å². The van der Waals surface area contributed by atoms with Gasteiger partial charge in [-0.1, -0.05) is 6.92 Å². The fourth-order valence-electron chi connectivity index (χ4n) is 1.71. The Morgan fingerprint density at radius 1 is 1.40 bits per heavy atom. The molecule has 110 valence electrons. The van der Waals surface area contributed by atoms with Gasteiger partial charge in [0.05, 0.1) is 11.4 Å². The average molecular weight is 314 g/mol. The second-order valence-electron chi connectivity index (χ2n) is 4.25. The van der Waals surface area contributed by atoms with E-state index in [1.807, 2.05) is 0 Å². The number of nitrogens with zero attached hydrogens (tertiary/aromatic N) is 1. The molecule has 8 heteroatoms. The second kappa shape index (κ2) is 6.98. The van der Waals surface area contributed by atoms with Gasteiger partial charge in [-0.2, -0.15) is 0 Å². The number of aromatic nitrogens is 2. The van der Waals surface area contributed by atoms with Crippen molar-refractivity contribution in [1.29, 1.82) is 0 Å². The predicted octanol–water partition coefficient (Wildman–Crippen LogP) is 1.45. The van der Waals surface area contributed by atoms with Crippen molar-refractivity contribution in [2.75, 3.05) is 6.54 Å². The van der Waals surface area contributed by atoms with Crippen molar-refractivity contribution in [3.05, 3.63) is 34.5 Å². The Labute approximate surface area is 122 Å². The molecule has 0 fully saturated rings. The zero-order valence-corrected chi connectivity index (χ0v) is 12.9. The van der Waals surface area contributed by atoms with Crippen LogP contribution in [0.25, 0.3) is 0 Å². The minimum absolute atomic E-state index is 0.160. The van der Waals surface area contributed by atoms with E-state index in [-0.39, 0.29) is 6.54 Å². The van der Waals surface area contributed by atoms with Crippen molar-refractivity contribution in [2.24, 2.45) is 0 Å². The molecule has 0 radical (unpaired) electrons. The predicted molar refractivity (Wildman–Crippen MR) is 78.9 cm³/mol. The quantitative estimate of drug-likeness (QED) is 0.644. The molecule has 2 aromatic heterocycles. The molecule has 0 saturated heterocycles. The van der Waals surface area contributed by atoms with Crippen LogP contribution in [-0.4, -0.2) is 24.9 Å². The van der Waals surface area contributed by atoms with Gasteiger partial charge in [-0.15, -0.1) is 11.3 Å². The highest BCUT2D eigenvalue weighted by atomic mass is 32.2. The van der Waals surface area contributed by atoms with Crippen LogP contribution >= 0.6 is 11.3 Å². The molecule has 0 aliphatic heterocycles. The first kappa shape index (κ1) is 15.2. The van der Waals surface area contributed by atoms with Crippen LogP contribution < -0.4 is 10.0 Å². The lowest BCUT2D eigenvalue weighted by atomic mass is 10.4. The summed E-state index contributed by atoms with van der Waals surface area (Å²) in [7, 11) is -3.50. The van der Waals surface area contributed by atoms with E-state index < -0.39 is 10.0 Å². The lowest BCUT2D eigenvalue weighted by Gasteiger charge is -2.07. The van der Waals surface area contributed by atoms with E-state index in [1.54, 1.807) is 23.8 Å². The smallest absolute Gasteiger partial charge is 0.242 e. The van der Waals surface area contributed by atoms with E-state index in [0.717, 1.165) is 17.8 Å². The van der Waals surface area contributed by atoms with E-state index >= 15 is 0 Å². The number of sulfonamides is 1. The lowest BCUT2D eigenvalue weighted by Crippen LogP contribution is -2.25. The average Bonchev–Trinajstić information content (AvgIpc) is 3.08. The van der Waals surface area contributed by atoms with Gasteiger partial charge in [0.25, 0.3) is 0 Å². The van der Waals surface area contributed by atoms with E-state index in [0.29, 0.717) is 17.3 Å². The Morgan fingerprint density at radius 2 is 2.25 bits per heavy atom. The summed E-state index contributed by atoms with van der Waals surface area (Å²) in [6.07, 6.45) is 4.27. The number of nitrogens with one attached hydrogen (secondary N) is 3. The summed E-state index contributed by atoms with van der Waals surface area (Å²) in [4.78, 5) is 8.02. The van der Waals surface area contributed by atoms with Crippen LogP contribution in [0.1, 0.15) is 24.0 Å². The van der Waals surface area contributed by atoms with Crippen LogP contribution in [0.15, 0.2) is 28.7 Å². The normalized spacial score (nSPS) is 11.8. The van der Waals surface area contributed by atoms with E-state index in [1.165, 1.54) is 11.3 Å². The van der Waals surface area contributed by atoms with Crippen molar-refractivity contribution < 1.29 is 8.42 Å². The maximum atomic E-state index is 12.3. The van der Waals surface area contributed by atoms with Gasteiger partial charge in [-0.3, -0.25) is 0 Å². The third-order valence-electron chi connectivity index (χ3n) is 2.69. The summed E-state index contributed by atoms with van der Waals surface area (Å²) in [6, 6.07) is 1.64. The number of hydrogen-bond acceptors (Lipinski definition) is 5. The molecule has 0 saturated carbocycles. The maximum absolute atomic E-state index is 12.3. The minimum Gasteiger partial charge on any atom is -0.347 e. The van der Waals surface area contributed by atoms with E-state index in [2.05, 4.69) is 26.9 Å². The van der Waals surface area contributed by atoms with Gasteiger partial charge in [0.1, 0.15) is 5.82 Å². The number of rotatable bonds is 8. The number of aromatic amines is 1. The Kier molecular flexibility index (Phi) is 5.30. The standard InChI is InChI=1S/C12H18N4O2S2/c1-2-4-13-8-10-11(3-7-19-10)20(17,18)16-9-12-14-5-6-15-12/h3,5-7,13,16H,2,4,8-9H2,1H3,(H,14,15). The monoisotopic (exact) mass is 314 g/mol. The first-order valence-corrected chi connectivity index (χ1v) is 8.74. The van der Waals surface area contributed by atoms with Gasteiger partial charge in [0.15, 0.2) is 0 Å². The maximum Gasteiger partial charge on any atom is 0.242 e. The first-order valence-electron chi connectivity index (χ1n) is 6.38. The Balaban J connectivity index is 2.03. The zero-order chi connectivity index (χ0) is 14.4. The van der Waals surface area contributed by atoms with Gasteiger partial charge in [0.2, 0.25) is 10.0 Å². The molecule has 3 N–H and O–H groups in total. The molecule has 0 aliphatic rings. The Morgan fingerprint density at radius 3 is 2.95 bits per heavy atom. The zero-order valence-electron chi connectivity index (χ0n) is 11.2. The third-order valence-corrected chi connectivity index (χ3v) is 5.23. The highest BCUT2D eigenvalue weighted by Gasteiger charge is 2.19.